The van der Waals surface area contributed by atoms with Crippen LogP contribution in [0.5, 0.6) is 0 Å². The number of nitrogens with two attached hydrogens (primary N) is 1. The van der Waals surface area contributed by atoms with Gasteiger partial charge in [-0.2, -0.15) is 0 Å². The Morgan fingerprint density at radius 1 is 1.58 bits per heavy atom. The lowest BCUT2D eigenvalue weighted by Crippen LogP contribution is -2.28. The molecule has 0 bridgehead atoms. The molecule has 0 atom stereocenters. The van der Waals surface area contributed by atoms with Crippen LogP contribution in [0.2, 0.25) is 0 Å². The Morgan fingerprint density at radius 2 is 2.25 bits per heavy atom. The van der Waals surface area contributed by atoms with Crippen LogP contribution in [0.4, 0.5) is 0 Å². The van der Waals surface area contributed by atoms with E-state index < -0.39 is 5.97 Å². The standard InChI is InChI=1S/C7H12N2O3/c1-12-7(11)5-9-6(10)3-2-4-8/h2-3H,4-5,8H2,1H3,(H,9,10)/b3-2+. The molecule has 0 aromatic rings. The highest BCUT2D eigenvalue weighted by Crippen LogP contribution is 1.73. The molecule has 0 fully saturated rings. The molecule has 0 saturated carbocycles. The Bertz CT molecular complexity index is 189. The number of esters is 1. The molecular weight excluding hydrogens is 160 g/mol. The second kappa shape index (κ2) is 6.36. The van der Waals surface area contributed by atoms with Crippen molar-refractivity contribution in [3.8, 4) is 0 Å². The Labute approximate surface area is 70.6 Å². The van der Waals surface area contributed by atoms with Crippen LogP contribution >= 0.6 is 0 Å². The first kappa shape index (κ1) is 10.6. The Morgan fingerprint density at radius 3 is 2.75 bits per heavy atom. The summed E-state index contributed by atoms with van der Waals surface area (Å²) in [6, 6.07) is 0. The maximum absolute atomic E-state index is 10.8. The van der Waals surface area contributed by atoms with Crippen LogP contribution in [0.1, 0.15) is 0 Å². The van der Waals surface area contributed by atoms with E-state index in [2.05, 4.69) is 10.1 Å². The first-order valence-electron chi connectivity index (χ1n) is 3.42. The summed E-state index contributed by atoms with van der Waals surface area (Å²) in [6.07, 6.45) is 2.76. The van der Waals surface area contributed by atoms with E-state index in [1.165, 1.54) is 19.3 Å². The fourth-order valence-electron chi connectivity index (χ4n) is 0.465. The fourth-order valence-corrected chi connectivity index (χ4v) is 0.465. The molecule has 3 N–H and O–H groups in total. The maximum atomic E-state index is 10.8. The molecule has 1 amide bonds. The summed E-state index contributed by atoms with van der Waals surface area (Å²) in [5.41, 5.74) is 5.10. The summed E-state index contributed by atoms with van der Waals surface area (Å²) in [7, 11) is 1.25. The molecule has 0 aromatic heterocycles. The zero-order chi connectivity index (χ0) is 9.40. The van der Waals surface area contributed by atoms with Crippen molar-refractivity contribution in [3.63, 3.8) is 0 Å². The van der Waals surface area contributed by atoms with Gasteiger partial charge in [0.2, 0.25) is 5.91 Å². The van der Waals surface area contributed by atoms with Gasteiger partial charge in [-0.25, -0.2) is 0 Å². The van der Waals surface area contributed by atoms with E-state index in [4.69, 9.17) is 5.73 Å². The van der Waals surface area contributed by atoms with E-state index in [-0.39, 0.29) is 12.5 Å². The third-order valence-corrected chi connectivity index (χ3v) is 1.04. The van der Waals surface area contributed by atoms with Crippen molar-refractivity contribution in [1.82, 2.24) is 5.32 Å². The molecule has 0 aliphatic heterocycles. The van der Waals surface area contributed by atoms with Crippen molar-refractivity contribution < 1.29 is 14.3 Å². The maximum Gasteiger partial charge on any atom is 0.325 e. The van der Waals surface area contributed by atoms with Gasteiger partial charge in [-0.3, -0.25) is 9.59 Å². The minimum absolute atomic E-state index is 0.121. The monoisotopic (exact) mass is 172 g/mol. The molecule has 0 aliphatic rings. The number of amides is 1. The van der Waals surface area contributed by atoms with Gasteiger partial charge in [-0.1, -0.05) is 6.08 Å². The van der Waals surface area contributed by atoms with Crippen LogP contribution in [0.15, 0.2) is 12.2 Å². The van der Waals surface area contributed by atoms with Crippen LogP contribution in [0.3, 0.4) is 0 Å². The second-order valence-electron chi connectivity index (χ2n) is 1.93. The zero-order valence-corrected chi connectivity index (χ0v) is 6.87. The highest BCUT2D eigenvalue weighted by Gasteiger charge is 2.00. The summed E-state index contributed by atoms with van der Waals surface area (Å²) < 4.78 is 4.30. The Balaban J connectivity index is 3.57. The van der Waals surface area contributed by atoms with E-state index in [1.807, 2.05) is 0 Å². The van der Waals surface area contributed by atoms with Gasteiger partial charge in [0.15, 0.2) is 0 Å². The summed E-state index contributed by atoms with van der Waals surface area (Å²) in [5, 5.41) is 2.31. The first-order chi connectivity index (χ1) is 5.70. The lowest BCUT2D eigenvalue weighted by atomic mass is 10.4. The van der Waals surface area contributed by atoms with Gasteiger partial charge in [0.1, 0.15) is 6.54 Å². The summed E-state index contributed by atoms with van der Waals surface area (Å²) in [6.45, 7) is 0.176. The summed E-state index contributed by atoms with van der Waals surface area (Å²) >= 11 is 0. The van der Waals surface area contributed by atoms with Crippen LogP contribution in [0, 0.1) is 0 Å². The van der Waals surface area contributed by atoms with Crippen LogP contribution in [-0.4, -0.2) is 32.1 Å². The Kier molecular flexibility index (Phi) is 5.64. The number of hydrogen-bond acceptors (Lipinski definition) is 4. The van der Waals surface area contributed by atoms with Crippen LogP contribution in [-0.2, 0) is 14.3 Å². The van der Waals surface area contributed by atoms with Gasteiger partial charge in [0.25, 0.3) is 0 Å². The molecule has 68 valence electrons. The smallest absolute Gasteiger partial charge is 0.325 e. The molecule has 0 aliphatic carbocycles. The van der Waals surface area contributed by atoms with Crippen LogP contribution < -0.4 is 11.1 Å². The average molecular weight is 172 g/mol. The van der Waals surface area contributed by atoms with Crippen molar-refractivity contribution in [2.24, 2.45) is 5.73 Å². The molecular formula is C7H12N2O3. The molecule has 0 radical (unpaired) electrons. The average Bonchev–Trinajstić information content (AvgIpc) is 2.10. The van der Waals surface area contributed by atoms with Crippen molar-refractivity contribution in [2.75, 3.05) is 20.2 Å². The van der Waals surface area contributed by atoms with E-state index in [0.29, 0.717) is 6.54 Å². The van der Waals surface area contributed by atoms with Crippen molar-refractivity contribution >= 4 is 11.9 Å². The fraction of sp³-hybridized carbons (Fsp3) is 0.429. The van der Waals surface area contributed by atoms with Crippen molar-refractivity contribution in [2.45, 2.75) is 0 Å². The van der Waals surface area contributed by atoms with E-state index in [0.717, 1.165) is 0 Å². The number of ether oxygens (including phenoxy) is 1. The number of carbonyl (C=O) groups is 2. The summed E-state index contributed by atoms with van der Waals surface area (Å²) in [5.74, 6) is -0.838. The molecule has 0 unspecified atom stereocenters. The topological polar surface area (TPSA) is 81.4 Å². The minimum atomic E-state index is -0.482. The van der Waals surface area contributed by atoms with Crippen molar-refractivity contribution in [3.05, 3.63) is 12.2 Å². The number of hydrogen-bond donors (Lipinski definition) is 2. The third-order valence-electron chi connectivity index (χ3n) is 1.04. The third kappa shape index (κ3) is 5.43. The molecule has 0 saturated heterocycles. The number of methoxy groups -OCH3 is 1. The largest absolute Gasteiger partial charge is 0.468 e. The lowest BCUT2D eigenvalue weighted by molar-refractivity contribution is -0.140. The van der Waals surface area contributed by atoms with E-state index in [1.54, 1.807) is 0 Å². The summed E-state index contributed by atoms with van der Waals surface area (Å²) in [4.78, 5) is 21.3. The van der Waals surface area contributed by atoms with Gasteiger partial charge in [0.05, 0.1) is 7.11 Å². The van der Waals surface area contributed by atoms with Gasteiger partial charge < -0.3 is 15.8 Å². The molecule has 0 spiro atoms. The quantitative estimate of drug-likeness (QED) is 0.412. The normalized spacial score (nSPS) is 9.83. The van der Waals surface area contributed by atoms with Gasteiger partial charge in [-0.05, 0) is 0 Å². The van der Waals surface area contributed by atoms with E-state index >= 15 is 0 Å². The molecule has 0 rings (SSSR count). The molecule has 5 nitrogen and oxygen atoms in total. The number of carbonyl (C=O) groups excluding carboxylic acids is 2. The predicted octanol–water partition coefficient (Wildman–Crippen LogP) is -1.21. The zero-order valence-electron chi connectivity index (χ0n) is 6.87. The highest BCUT2D eigenvalue weighted by atomic mass is 16.5. The minimum Gasteiger partial charge on any atom is -0.468 e. The van der Waals surface area contributed by atoms with Gasteiger partial charge >= 0.3 is 5.97 Å². The molecule has 12 heavy (non-hydrogen) atoms. The highest BCUT2D eigenvalue weighted by molar-refractivity contribution is 5.90. The Hall–Kier alpha value is -1.36. The predicted molar refractivity (Wildman–Crippen MR) is 43.2 cm³/mol. The number of nitrogens with one attached hydrogen (secondary N) is 1. The van der Waals surface area contributed by atoms with Gasteiger partial charge in [0, 0.05) is 12.6 Å². The first-order valence-corrected chi connectivity index (χ1v) is 3.42. The second-order valence-corrected chi connectivity index (χ2v) is 1.93. The molecule has 5 heteroatoms. The molecule has 0 aromatic carbocycles. The van der Waals surface area contributed by atoms with E-state index in [9.17, 15) is 9.59 Å². The van der Waals surface area contributed by atoms with Crippen molar-refractivity contribution in [1.29, 1.82) is 0 Å². The van der Waals surface area contributed by atoms with Crippen LogP contribution in [0.25, 0.3) is 0 Å². The SMILES string of the molecule is COC(=O)CNC(=O)/C=C/CN. The lowest BCUT2D eigenvalue weighted by Gasteiger charge is -1.98. The number of rotatable bonds is 4. The van der Waals surface area contributed by atoms with Gasteiger partial charge in [-0.15, -0.1) is 0 Å². The molecule has 0 heterocycles.